The lowest BCUT2D eigenvalue weighted by atomic mass is 10.2. The van der Waals surface area contributed by atoms with Crippen LogP contribution in [0.15, 0.2) is 47.8 Å². The van der Waals surface area contributed by atoms with Gasteiger partial charge in [-0.1, -0.05) is 35.0 Å². The number of nitrogens with two attached hydrogens (primary N) is 1. The van der Waals surface area contributed by atoms with E-state index >= 15 is 0 Å². The Labute approximate surface area is 126 Å². The minimum absolute atomic E-state index is 0.0605. The highest BCUT2D eigenvalue weighted by atomic mass is 35.5. The maximum atomic E-state index is 14.1. The predicted octanol–water partition coefficient (Wildman–Crippen LogP) is 3.15. The monoisotopic (exact) mass is 308 g/mol. The fourth-order valence-electron chi connectivity index (χ4n) is 1.85. The molecule has 0 unspecified atom stereocenters. The molecule has 0 saturated heterocycles. The molecule has 21 heavy (non-hydrogen) atoms. The molecule has 3 N–H and O–H groups in total. The zero-order valence-corrected chi connectivity index (χ0v) is 11.8. The lowest BCUT2D eigenvalue weighted by molar-refractivity contribution is 0.317. The van der Waals surface area contributed by atoms with Crippen molar-refractivity contribution >= 4 is 28.9 Å². The molecule has 110 valence electrons. The second-order valence-electron chi connectivity index (χ2n) is 4.29. The van der Waals surface area contributed by atoms with E-state index < -0.39 is 5.82 Å². The van der Waals surface area contributed by atoms with Crippen molar-refractivity contribution in [2.45, 2.75) is 6.42 Å². The molecule has 0 amide bonds. The number of pyridine rings is 1. The number of benzene rings is 1. The molecule has 0 spiro atoms. The summed E-state index contributed by atoms with van der Waals surface area (Å²) < 4.78 is 14.1. The molecular formula is C14H14ClFN4O. The molecule has 5 nitrogen and oxygen atoms in total. The molecule has 0 radical (unpaired) electrons. The summed E-state index contributed by atoms with van der Waals surface area (Å²) in [6, 6.07) is 10.4. The number of rotatable bonds is 5. The highest BCUT2D eigenvalue weighted by Crippen LogP contribution is 2.27. The van der Waals surface area contributed by atoms with E-state index in [1.54, 1.807) is 4.90 Å². The van der Waals surface area contributed by atoms with Gasteiger partial charge in [-0.3, -0.25) is 0 Å². The Morgan fingerprint density at radius 2 is 2.10 bits per heavy atom. The summed E-state index contributed by atoms with van der Waals surface area (Å²) in [5, 5.41) is 11.8. The minimum atomic E-state index is -0.536. The molecule has 2 aromatic rings. The summed E-state index contributed by atoms with van der Waals surface area (Å²) in [5.41, 5.74) is 6.22. The number of halogens is 2. The second kappa shape index (κ2) is 6.90. The molecule has 2 rings (SSSR count). The fourth-order valence-corrected chi connectivity index (χ4v) is 1.99. The first-order valence-corrected chi connectivity index (χ1v) is 6.59. The Kier molecular flexibility index (Phi) is 4.94. The topological polar surface area (TPSA) is 74.7 Å². The quantitative estimate of drug-likeness (QED) is 0.385. The average molecular weight is 309 g/mol. The van der Waals surface area contributed by atoms with Gasteiger partial charge in [0, 0.05) is 24.8 Å². The van der Waals surface area contributed by atoms with Crippen molar-refractivity contribution in [3.05, 3.63) is 53.4 Å². The summed E-state index contributed by atoms with van der Waals surface area (Å²) in [6.07, 6.45) is 1.63. The number of aromatic nitrogens is 1. The minimum Gasteiger partial charge on any atom is -0.409 e. The Morgan fingerprint density at radius 3 is 2.71 bits per heavy atom. The van der Waals surface area contributed by atoms with Crippen molar-refractivity contribution in [1.82, 2.24) is 4.98 Å². The van der Waals surface area contributed by atoms with Crippen LogP contribution in [0.2, 0.25) is 5.02 Å². The number of oxime groups is 1. The normalized spacial score (nSPS) is 11.4. The van der Waals surface area contributed by atoms with Crippen LogP contribution >= 0.6 is 11.6 Å². The van der Waals surface area contributed by atoms with Gasteiger partial charge in [0.25, 0.3) is 0 Å². The lowest BCUT2D eigenvalue weighted by Gasteiger charge is -2.24. The third-order valence-corrected chi connectivity index (χ3v) is 3.04. The van der Waals surface area contributed by atoms with Crippen LogP contribution in [0.3, 0.4) is 0 Å². The van der Waals surface area contributed by atoms with Crippen LogP contribution in [-0.2, 0) is 0 Å². The van der Waals surface area contributed by atoms with Gasteiger partial charge in [-0.25, -0.2) is 9.37 Å². The highest BCUT2D eigenvalue weighted by Gasteiger charge is 2.16. The van der Waals surface area contributed by atoms with Gasteiger partial charge >= 0.3 is 0 Å². The van der Waals surface area contributed by atoms with Crippen molar-refractivity contribution in [3.63, 3.8) is 0 Å². The van der Waals surface area contributed by atoms with Gasteiger partial charge in [0.1, 0.15) is 5.84 Å². The molecule has 0 aliphatic heterocycles. The molecule has 0 atom stereocenters. The van der Waals surface area contributed by atoms with Crippen LogP contribution in [0.1, 0.15) is 6.42 Å². The van der Waals surface area contributed by atoms with E-state index in [0.717, 1.165) is 5.69 Å². The fraction of sp³-hybridized carbons (Fsp3) is 0.143. The van der Waals surface area contributed by atoms with Gasteiger partial charge < -0.3 is 15.8 Å². The van der Waals surface area contributed by atoms with Crippen LogP contribution in [0, 0.1) is 5.82 Å². The first-order valence-electron chi connectivity index (χ1n) is 6.22. The number of hydrogen-bond donors (Lipinski definition) is 2. The van der Waals surface area contributed by atoms with Crippen molar-refractivity contribution in [2.75, 3.05) is 11.4 Å². The van der Waals surface area contributed by atoms with Crippen LogP contribution in [-0.4, -0.2) is 22.6 Å². The van der Waals surface area contributed by atoms with Gasteiger partial charge in [-0.15, -0.1) is 0 Å². The molecule has 1 heterocycles. The third kappa shape index (κ3) is 3.82. The van der Waals surface area contributed by atoms with E-state index in [2.05, 4.69) is 10.1 Å². The molecule has 7 heteroatoms. The van der Waals surface area contributed by atoms with Crippen LogP contribution in [0.25, 0.3) is 0 Å². The van der Waals surface area contributed by atoms with Gasteiger partial charge in [-0.2, -0.15) is 0 Å². The molecule has 0 fully saturated rings. The predicted molar refractivity (Wildman–Crippen MR) is 80.7 cm³/mol. The molecule has 0 saturated carbocycles. The van der Waals surface area contributed by atoms with E-state index in [1.807, 2.05) is 30.3 Å². The van der Waals surface area contributed by atoms with Crippen molar-refractivity contribution in [2.24, 2.45) is 10.9 Å². The molecule has 0 bridgehead atoms. The summed E-state index contributed by atoms with van der Waals surface area (Å²) in [7, 11) is 0. The largest absolute Gasteiger partial charge is 0.409 e. The number of amidine groups is 1. The smallest absolute Gasteiger partial charge is 0.169 e. The van der Waals surface area contributed by atoms with Gasteiger partial charge in [0.15, 0.2) is 11.6 Å². The number of para-hydroxylation sites is 1. The Balaban J connectivity index is 2.35. The molecule has 1 aromatic heterocycles. The zero-order chi connectivity index (χ0) is 15.2. The second-order valence-corrected chi connectivity index (χ2v) is 4.72. The third-order valence-electron chi connectivity index (χ3n) is 2.83. The average Bonchev–Trinajstić information content (AvgIpc) is 2.50. The molecule has 1 aromatic carbocycles. The van der Waals surface area contributed by atoms with Gasteiger partial charge in [0.05, 0.1) is 5.02 Å². The van der Waals surface area contributed by atoms with Crippen molar-refractivity contribution in [3.8, 4) is 0 Å². The number of hydrogen-bond acceptors (Lipinski definition) is 4. The van der Waals surface area contributed by atoms with E-state index in [-0.39, 0.29) is 23.1 Å². The van der Waals surface area contributed by atoms with Crippen molar-refractivity contribution < 1.29 is 9.60 Å². The van der Waals surface area contributed by atoms with Crippen LogP contribution < -0.4 is 10.6 Å². The molecule has 0 aliphatic carbocycles. The summed E-state index contributed by atoms with van der Waals surface area (Å²) in [4.78, 5) is 5.68. The van der Waals surface area contributed by atoms with E-state index in [0.29, 0.717) is 6.54 Å². The maximum absolute atomic E-state index is 14.1. The van der Waals surface area contributed by atoms with Gasteiger partial charge in [-0.05, 0) is 18.2 Å². The standard InChI is InChI=1S/C14H14ClFN4O/c15-10-8-12(16)14(18-9-10)20(7-6-13(17)19-21)11-4-2-1-3-5-11/h1-5,8-9,21H,6-7H2,(H2,17,19). The van der Waals surface area contributed by atoms with E-state index in [4.69, 9.17) is 22.5 Å². The lowest BCUT2D eigenvalue weighted by Crippen LogP contribution is -2.25. The summed E-state index contributed by atoms with van der Waals surface area (Å²) in [5.74, 6) is -0.340. The molecular weight excluding hydrogens is 295 g/mol. The first-order chi connectivity index (χ1) is 10.1. The Hall–Kier alpha value is -2.34. The zero-order valence-electron chi connectivity index (χ0n) is 11.1. The SMILES string of the molecule is NC(CCN(c1ccccc1)c1ncc(Cl)cc1F)=NO. The van der Waals surface area contributed by atoms with Crippen LogP contribution in [0.5, 0.6) is 0 Å². The summed E-state index contributed by atoms with van der Waals surface area (Å²) >= 11 is 5.72. The van der Waals surface area contributed by atoms with Gasteiger partial charge in [0.2, 0.25) is 0 Å². The number of nitrogens with zero attached hydrogens (tertiary/aromatic N) is 3. The first kappa shape index (κ1) is 15.1. The maximum Gasteiger partial charge on any atom is 0.169 e. The highest BCUT2D eigenvalue weighted by molar-refractivity contribution is 6.30. The van der Waals surface area contributed by atoms with Crippen LogP contribution in [0.4, 0.5) is 15.9 Å². The van der Waals surface area contributed by atoms with Crippen molar-refractivity contribution in [1.29, 1.82) is 0 Å². The van der Waals surface area contributed by atoms with E-state index in [9.17, 15) is 4.39 Å². The molecule has 0 aliphatic rings. The Morgan fingerprint density at radius 1 is 1.38 bits per heavy atom. The van der Waals surface area contributed by atoms with E-state index in [1.165, 1.54) is 12.3 Å². The summed E-state index contributed by atoms with van der Waals surface area (Å²) in [6.45, 7) is 0.311. The Bertz CT molecular complexity index is 636. The number of anilines is 2.